The number of rotatable bonds is 7. The molecule has 0 fully saturated rings. The average molecular weight is 329 g/mol. The van der Waals surface area contributed by atoms with Gasteiger partial charge in [0.1, 0.15) is 23.0 Å². The third kappa shape index (κ3) is 3.56. The zero-order chi connectivity index (χ0) is 17.7. The van der Waals surface area contributed by atoms with Crippen molar-refractivity contribution in [1.29, 1.82) is 5.41 Å². The molecule has 7 heteroatoms. The van der Waals surface area contributed by atoms with Gasteiger partial charge in [-0.1, -0.05) is 13.3 Å². The summed E-state index contributed by atoms with van der Waals surface area (Å²) in [5, 5.41) is 11.0. The van der Waals surface area contributed by atoms with E-state index in [0.29, 0.717) is 52.9 Å². The highest BCUT2D eigenvalue weighted by Crippen LogP contribution is 2.30. The summed E-state index contributed by atoms with van der Waals surface area (Å²) < 4.78 is 5.60. The van der Waals surface area contributed by atoms with Gasteiger partial charge < -0.3 is 26.2 Å². The van der Waals surface area contributed by atoms with Crippen molar-refractivity contribution in [2.75, 3.05) is 24.7 Å². The van der Waals surface area contributed by atoms with E-state index < -0.39 is 0 Å². The van der Waals surface area contributed by atoms with Crippen LogP contribution in [0.4, 0.5) is 11.4 Å². The number of benzene rings is 1. The second-order valence-corrected chi connectivity index (χ2v) is 5.31. The molecule has 2 aromatic rings. The molecule has 1 aromatic heterocycles. The second kappa shape index (κ2) is 7.63. The Bertz CT molecular complexity index is 798. The lowest BCUT2D eigenvalue weighted by Gasteiger charge is -2.13. The lowest BCUT2D eigenvalue weighted by molar-refractivity contribution is 0.341. The van der Waals surface area contributed by atoms with Gasteiger partial charge in [-0.3, -0.25) is 4.79 Å². The van der Waals surface area contributed by atoms with Gasteiger partial charge in [-0.05, 0) is 31.5 Å². The van der Waals surface area contributed by atoms with E-state index in [1.54, 1.807) is 25.2 Å². The van der Waals surface area contributed by atoms with Gasteiger partial charge in [-0.25, -0.2) is 4.98 Å². The summed E-state index contributed by atoms with van der Waals surface area (Å²) in [6.07, 6.45) is 1.34. The molecule has 1 aromatic carbocycles. The Morgan fingerprint density at radius 2 is 2.17 bits per heavy atom. The van der Waals surface area contributed by atoms with E-state index in [-0.39, 0.29) is 5.56 Å². The minimum Gasteiger partial charge on any atom is -0.493 e. The first kappa shape index (κ1) is 17.5. The molecule has 0 aliphatic rings. The standard InChI is InChI=1S/C17H23N5O2/c1-4-6-12(19)14-15(20-3)17(23)22-16(21-14)11-9-10(18)7-8-13(11)24-5-2/h7-9,19-20H,4-6,18H2,1-3H3,(H,21,22,23). The predicted molar refractivity (Wildman–Crippen MR) is 97.2 cm³/mol. The quantitative estimate of drug-likeness (QED) is 0.460. The fourth-order valence-electron chi connectivity index (χ4n) is 2.43. The zero-order valence-electron chi connectivity index (χ0n) is 14.2. The summed E-state index contributed by atoms with van der Waals surface area (Å²) in [5.74, 6) is 0.922. The summed E-state index contributed by atoms with van der Waals surface area (Å²) in [5.41, 5.74) is 7.64. The van der Waals surface area contributed by atoms with Gasteiger partial charge in [0.05, 0.1) is 17.9 Å². The van der Waals surface area contributed by atoms with Crippen molar-refractivity contribution < 1.29 is 4.74 Å². The number of hydrogen-bond donors (Lipinski definition) is 4. The first-order valence-corrected chi connectivity index (χ1v) is 7.94. The molecule has 5 N–H and O–H groups in total. The minimum atomic E-state index is -0.330. The number of anilines is 2. The van der Waals surface area contributed by atoms with Crippen LogP contribution in [0.15, 0.2) is 23.0 Å². The van der Waals surface area contributed by atoms with Crippen molar-refractivity contribution in [3.05, 3.63) is 34.2 Å². The van der Waals surface area contributed by atoms with Crippen molar-refractivity contribution in [3.8, 4) is 17.1 Å². The van der Waals surface area contributed by atoms with Gasteiger partial charge in [0.15, 0.2) is 0 Å². The Kier molecular flexibility index (Phi) is 5.57. The first-order chi connectivity index (χ1) is 11.5. The normalized spacial score (nSPS) is 10.5. The molecule has 0 atom stereocenters. The van der Waals surface area contributed by atoms with Crippen molar-refractivity contribution >= 4 is 17.1 Å². The third-order valence-corrected chi connectivity index (χ3v) is 3.51. The van der Waals surface area contributed by atoms with Gasteiger partial charge in [-0.15, -0.1) is 0 Å². The molecule has 0 aliphatic carbocycles. The van der Waals surface area contributed by atoms with Crippen LogP contribution < -0.4 is 21.3 Å². The first-order valence-electron chi connectivity index (χ1n) is 7.94. The Balaban J connectivity index is 2.66. The van der Waals surface area contributed by atoms with Crippen LogP contribution in [0, 0.1) is 5.41 Å². The zero-order valence-corrected chi connectivity index (χ0v) is 14.2. The number of nitrogens with two attached hydrogens (primary N) is 1. The molecule has 0 saturated heterocycles. The van der Waals surface area contributed by atoms with Crippen LogP contribution in [0.2, 0.25) is 0 Å². The lowest BCUT2D eigenvalue weighted by atomic mass is 10.1. The number of aromatic amines is 1. The van der Waals surface area contributed by atoms with E-state index in [1.807, 2.05) is 13.8 Å². The maximum Gasteiger partial charge on any atom is 0.275 e. The number of hydrogen-bond acceptors (Lipinski definition) is 6. The van der Waals surface area contributed by atoms with E-state index in [2.05, 4.69) is 15.3 Å². The molecule has 0 aliphatic heterocycles. The smallest absolute Gasteiger partial charge is 0.275 e. The highest BCUT2D eigenvalue weighted by molar-refractivity contribution is 6.01. The largest absolute Gasteiger partial charge is 0.493 e. The Hall–Kier alpha value is -2.83. The van der Waals surface area contributed by atoms with Crippen molar-refractivity contribution in [2.45, 2.75) is 26.7 Å². The SMILES string of the molecule is CCCC(=N)c1nc(-c2cc(N)ccc2OCC)[nH]c(=O)c1NC. The number of ether oxygens (including phenoxy) is 1. The lowest BCUT2D eigenvalue weighted by Crippen LogP contribution is -2.20. The molecule has 0 amide bonds. The van der Waals surface area contributed by atoms with Crippen LogP contribution >= 0.6 is 0 Å². The molecule has 7 nitrogen and oxygen atoms in total. The Morgan fingerprint density at radius 3 is 2.79 bits per heavy atom. The van der Waals surface area contributed by atoms with Gasteiger partial charge in [0.25, 0.3) is 5.56 Å². The average Bonchev–Trinajstić information content (AvgIpc) is 2.56. The fourth-order valence-corrected chi connectivity index (χ4v) is 2.43. The molecule has 128 valence electrons. The number of nitrogens with zero attached hydrogens (tertiary/aromatic N) is 1. The van der Waals surface area contributed by atoms with Crippen LogP contribution in [-0.4, -0.2) is 29.3 Å². The molecule has 0 saturated carbocycles. The van der Waals surface area contributed by atoms with E-state index >= 15 is 0 Å². The Morgan fingerprint density at radius 1 is 1.42 bits per heavy atom. The van der Waals surface area contributed by atoms with Crippen LogP contribution in [0.3, 0.4) is 0 Å². The summed E-state index contributed by atoms with van der Waals surface area (Å²) in [6, 6.07) is 5.18. The number of H-pyrrole nitrogens is 1. The molecule has 0 radical (unpaired) electrons. The van der Waals surface area contributed by atoms with Gasteiger partial charge in [-0.2, -0.15) is 0 Å². The number of aromatic nitrogens is 2. The maximum atomic E-state index is 12.4. The van der Waals surface area contributed by atoms with Crippen LogP contribution in [0.25, 0.3) is 11.4 Å². The second-order valence-electron chi connectivity index (χ2n) is 5.31. The maximum absolute atomic E-state index is 12.4. The molecule has 1 heterocycles. The summed E-state index contributed by atoms with van der Waals surface area (Å²) in [6.45, 7) is 4.34. The molecular weight excluding hydrogens is 306 g/mol. The topological polar surface area (TPSA) is 117 Å². The molecule has 0 unspecified atom stereocenters. The summed E-state index contributed by atoms with van der Waals surface area (Å²) in [7, 11) is 1.64. The van der Waals surface area contributed by atoms with Crippen molar-refractivity contribution in [2.24, 2.45) is 0 Å². The van der Waals surface area contributed by atoms with Crippen molar-refractivity contribution in [1.82, 2.24) is 9.97 Å². The van der Waals surface area contributed by atoms with Crippen LogP contribution in [0.1, 0.15) is 32.4 Å². The number of nitrogen functional groups attached to an aromatic ring is 1. The van der Waals surface area contributed by atoms with Gasteiger partial charge >= 0.3 is 0 Å². The minimum absolute atomic E-state index is 0.291. The van der Waals surface area contributed by atoms with Gasteiger partial charge in [0, 0.05) is 12.7 Å². The third-order valence-electron chi connectivity index (χ3n) is 3.51. The van der Waals surface area contributed by atoms with E-state index in [1.165, 1.54) is 0 Å². The van der Waals surface area contributed by atoms with E-state index in [4.69, 9.17) is 15.9 Å². The molecule has 2 rings (SSSR count). The van der Waals surface area contributed by atoms with E-state index in [9.17, 15) is 4.79 Å². The van der Waals surface area contributed by atoms with Crippen LogP contribution in [-0.2, 0) is 0 Å². The Labute approximate surface area is 140 Å². The summed E-state index contributed by atoms with van der Waals surface area (Å²) >= 11 is 0. The molecule has 0 spiro atoms. The monoisotopic (exact) mass is 329 g/mol. The highest BCUT2D eigenvalue weighted by atomic mass is 16.5. The number of nitrogens with one attached hydrogen (secondary N) is 3. The molecule has 24 heavy (non-hydrogen) atoms. The van der Waals surface area contributed by atoms with Gasteiger partial charge in [0.2, 0.25) is 0 Å². The fraction of sp³-hybridized carbons (Fsp3) is 0.353. The highest BCUT2D eigenvalue weighted by Gasteiger charge is 2.17. The van der Waals surface area contributed by atoms with E-state index in [0.717, 1.165) is 6.42 Å². The predicted octanol–water partition coefficient (Wildman–Crippen LogP) is 2.63. The van der Waals surface area contributed by atoms with Crippen molar-refractivity contribution in [3.63, 3.8) is 0 Å². The molecular formula is C17H23N5O2. The summed E-state index contributed by atoms with van der Waals surface area (Å²) in [4.78, 5) is 19.6. The molecule has 0 bridgehead atoms. The van der Waals surface area contributed by atoms with Crippen LogP contribution in [0.5, 0.6) is 5.75 Å².